The van der Waals surface area contributed by atoms with E-state index in [1.165, 1.54) is 70.6 Å². The average molecular weight is 802 g/mol. The molecule has 0 bridgehead atoms. The van der Waals surface area contributed by atoms with Gasteiger partial charge in [0, 0.05) is 6.42 Å². The van der Waals surface area contributed by atoms with E-state index < -0.39 is 26.1 Å². The van der Waals surface area contributed by atoms with Crippen LogP contribution in [0.2, 0.25) is 0 Å². The van der Waals surface area contributed by atoms with Gasteiger partial charge in [0.15, 0.2) is 6.10 Å². The summed E-state index contributed by atoms with van der Waals surface area (Å²) in [6.07, 6.45) is 35.6. The zero-order chi connectivity index (χ0) is 40.9. The van der Waals surface area contributed by atoms with Crippen molar-refractivity contribution in [3.05, 3.63) is 36.6 Å². The summed E-state index contributed by atoms with van der Waals surface area (Å²) in [5.41, 5.74) is 0. The number of nitrogens with zero attached hydrogens (tertiary/aromatic N) is 1. The minimum absolute atomic E-state index is 0.000439. The highest BCUT2D eigenvalue weighted by Crippen LogP contribution is 2.38. The lowest BCUT2D eigenvalue weighted by Gasteiger charge is -2.28. The largest absolute Gasteiger partial charge is 0.756 e. The van der Waals surface area contributed by atoms with Crippen molar-refractivity contribution in [1.82, 2.24) is 0 Å². The fourth-order valence-corrected chi connectivity index (χ4v) is 6.51. The summed E-state index contributed by atoms with van der Waals surface area (Å²) < 4.78 is 34.2. The summed E-state index contributed by atoms with van der Waals surface area (Å²) in [6.45, 7) is 4.45. The highest BCUT2D eigenvalue weighted by atomic mass is 31.2. The zero-order valence-electron chi connectivity index (χ0n) is 35.8. The third-order valence-electron chi connectivity index (χ3n) is 9.45. The van der Waals surface area contributed by atoms with Gasteiger partial charge in [0.2, 0.25) is 0 Å². The number of hydrogen-bond acceptors (Lipinski definition) is 9. The molecule has 0 rings (SSSR count). The van der Waals surface area contributed by atoms with Gasteiger partial charge in [-0.1, -0.05) is 122 Å². The molecule has 0 fully saturated rings. The first-order chi connectivity index (χ1) is 26.4. The standard InChI is InChI=1S/C44H84NO9P/c1-6-8-10-12-14-15-16-17-18-19-20-21-22-23-28-32-37-51-41(40-54-55(49,50)53-38-36-45(3,4)5)39-52-44(48)35-31-27-24-26-30-34-43(47)42(46)33-29-25-13-11-9-7-2/h17-18,25,29,32,37,41-43,46-47H,6-16,19-24,26-28,30-31,33-36,38-40H2,1-5H3/b18-17-,29-25-,37-32+/t41-,42-,43-/m1/s1. The molecule has 0 aromatic carbocycles. The molecule has 324 valence electrons. The molecule has 0 saturated carbocycles. The van der Waals surface area contributed by atoms with Crippen LogP contribution in [0.15, 0.2) is 36.6 Å². The van der Waals surface area contributed by atoms with Crippen molar-refractivity contribution >= 4 is 13.8 Å². The molecule has 1 unspecified atom stereocenters. The topological polar surface area (TPSA) is 135 Å². The Balaban J connectivity index is 4.43. The van der Waals surface area contributed by atoms with E-state index in [4.69, 9.17) is 18.5 Å². The molecule has 4 atom stereocenters. The smallest absolute Gasteiger partial charge is 0.305 e. The summed E-state index contributed by atoms with van der Waals surface area (Å²) in [5.74, 6) is -0.374. The molecule has 11 heteroatoms. The van der Waals surface area contributed by atoms with Crippen molar-refractivity contribution in [3.8, 4) is 0 Å². The minimum atomic E-state index is -4.55. The predicted molar refractivity (Wildman–Crippen MR) is 224 cm³/mol. The first kappa shape index (κ1) is 53.5. The molecule has 0 radical (unpaired) electrons. The van der Waals surface area contributed by atoms with Gasteiger partial charge in [-0.05, 0) is 76.7 Å². The highest BCUT2D eigenvalue weighted by Gasteiger charge is 2.19. The zero-order valence-corrected chi connectivity index (χ0v) is 36.7. The minimum Gasteiger partial charge on any atom is -0.756 e. The monoisotopic (exact) mass is 802 g/mol. The van der Waals surface area contributed by atoms with Crippen LogP contribution in [0.4, 0.5) is 0 Å². The highest BCUT2D eigenvalue weighted by molar-refractivity contribution is 7.45. The van der Waals surface area contributed by atoms with Crippen molar-refractivity contribution < 1.29 is 47.5 Å². The van der Waals surface area contributed by atoms with Crippen LogP contribution >= 0.6 is 7.82 Å². The fraction of sp³-hybridized carbons (Fsp3) is 0.841. The van der Waals surface area contributed by atoms with Crippen LogP contribution < -0.4 is 4.89 Å². The Morgan fingerprint density at radius 2 is 1.16 bits per heavy atom. The second-order valence-electron chi connectivity index (χ2n) is 16.1. The van der Waals surface area contributed by atoms with Gasteiger partial charge in [0.25, 0.3) is 7.82 Å². The molecule has 2 N–H and O–H groups in total. The van der Waals surface area contributed by atoms with E-state index in [-0.39, 0.29) is 32.2 Å². The van der Waals surface area contributed by atoms with E-state index in [1.807, 2.05) is 33.3 Å². The van der Waals surface area contributed by atoms with E-state index >= 15 is 0 Å². The first-order valence-electron chi connectivity index (χ1n) is 21.9. The molecule has 0 amide bonds. The Bertz CT molecular complexity index is 1010. The molecular formula is C44H84NO9P. The van der Waals surface area contributed by atoms with Gasteiger partial charge in [-0.3, -0.25) is 9.36 Å². The van der Waals surface area contributed by atoms with Crippen molar-refractivity contribution in [1.29, 1.82) is 0 Å². The van der Waals surface area contributed by atoms with E-state index in [1.54, 1.807) is 6.26 Å². The first-order valence-corrected chi connectivity index (χ1v) is 23.4. The second kappa shape index (κ2) is 36.8. The molecule has 0 aliphatic rings. The van der Waals surface area contributed by atoms with Crippen molar-refractivity contribution in [2.75, 3.05) is 47.5 Å². The maximum atomic E-state index is 12.5. The molecule has 0 aliphatic heterocycles. The maximum Gasteiger partial charge on any atom is 0.305 e. The number of unbranched alkanes of at least 4 members (excludes halogenated alkanes) is 18. The van der Waals surface area contributed by atoms with Crippen molar-refractivity contribution in [3.63, 3.8) is 0 Å². The number of carbonyl (C=O) groups excluding carboxylic acids is 1. The van der Waals surface area contributed by atoms with Crippen LogP contribution in [-0.4, -0.2) is 86.5 Å². The Morgan fingerprint density at radius 1 is 0.655 bits per heavy atom. The lowest BCUT2D eigenvalue weighted by molar-refractivity contribution is -0.870. The SMILES string of the molecule is CCCCC/C=C\C[C@@H](O)[C@H](O)CCCCCCCC(=O)OC[C@H](COP(=O)([O-])OCC[N+](C)(C)C)O/C=C/CCCCCC/C=C\CCCCCCCC. The van der Waals surface area contributed by atoms with Gasteiger partial charge >= 0.3 is 5.97 Å². The number of aliphatic hydroxyl groups is 2. The van der Waals surface area contributed by atoms with Crippen LogP contribution in [0.3, 0.4) is 0 Å². The normalized spacial score (nSPS) is 15.2. The van der Waals surface area contributed by atoms with Gasteiger partial charge in [-0.2, -0.15) is 0 Å². The lowest BCUT2D eigenvalue weighted by atomic mass is 10.0. The van der Waals surface area contributed by atoms with Gasteiger partial charge in [0.05, 0.1) is 46.2 Å². The number of hydrogen-bond donors (Lipinski definition) is 2. The van der Waals surface area contributed by atoms with Crippen molar-refractivity contribution in [2.45, 2.75) is 193 Å². The Labute approximate surface area is 337 Å². The third kappa shape index (κ3) is 39.1. The molecule has 0 saturated heterocycles. The van der Waals surface area contributed by atoms with Crippen LogP contribution in [0.1, 0.15) is 174 Å². The summed E-state index contributed by atoms with van der Waals surface area (Å²) in [4.78, 5) is 24.8. The van der Waals surface area contributed by atoms with Gasteiger partial charge in [-0.15, -0.1) is 0 Å². The van der Waals surface area contributed by atoms with Gasteiger partial charge in [-0.25, -0.2) is 0 Å². The van der Waals surface area contributed by atoms with Crippen LogP contribution in [0.5, 0.6) is 0 Å². The summed E-state index contributed by atoms with van der Waals surface area (Å²) in [5, 5.41) is 20.4. The number of ether oxygens (including phenoxy) is 2. The fourth-order valence-electron chi connectivity index (χ4n) is 5.78. The molecule has 0 aromatic rings. The van der Waals surface area contributed by atoms with E-state index in [9.17, 15) is 24.5 Å². The van der Waals surface area contributed by atoms with E-state index in [2.05, 4.69) is 32.1 Å². The number of rotatable bonds is 40. The quantitative estimate of drug-likeness (QED) is 0.0155. The Morgan fingerprint density at radius 3 is 1.78 bits per heavy atom. The molecule has 0 heterocycles. The molecule has 0 aromatic heterocycles. The number of allylic oxidation sites excluding steroid dienone is 4. The lowest BCUT2D eigenvalue weighted by Crippen LogP contribution is -2.37. The third-order valence-corrected chi connectivity index (χ3v) is 10.4. The summed E-state index contributed by atoms with van der Waals surface area (Å²) in [7, 11) is 1.27. The Kier molecular flexibility index (Phi) is 35.8. The molecule has 10 nitrogen and oxygen atoms in total. The maximum absolute atomic E-state index is 12.5. The van der Waals surface area contributed by atoms with Crippen molar-refractivity contribution in [2.24, 2.45) is 0 Å². The number of phosphoric ester groups is 1. The number of carbonyl (C=O) groups is 1. The van der Waals surface area contributed by atoms with Crippen LogP contribution in [0, 0.1) is 0 Å². The number of esters is 1. The number of quaternary nitrogens is 1. The molecule has 55 heavy (non-hydrogen) atoms. The van der Waals surface area contributed by atoms with Crippen LogP contribution in [-0.2, 0) is 27.9 Å². The Hall–Kier alpha value is -1.52. The second-order valence-corrected chi connectivity index (χ2v) is 17.5. The molecule has 0 aliphatic carbocycles. The number of likely N-dealkylation sites (N-methyl/N-ethyl adjacent to an activating group) is 1. The van der Waals surface area contributed by atoms with E-state index in [0.717, 1.165) is 64.2 Å². The molecule has 0 spiro atoms. The molecular weight excluding hydrogens is 717 g/mol. The number of phosphoric acid groups is 1. The summed E-state index contributed by atoms with van der Waals surface area (Å²) >= 11 is 0. The summed E-state index contributed by atoms with van der Waals surface area (Å²) in [6, 6.07) is 0. The van der Waals surface area contributed by atoms with Gasteiger partial charge in [0.1, 0.15) is 19.8 Å². The van der Waals surface area contributed by atoms with Crippen LogP contribution in [0.25, 0.3) is 0 Å². The number of aliphatic hydroxyl groups excluding tert-OH is 2. The van der Waals surface area contributed by atoms with Gasteiger partial charge < -0.3 is 38.1 Å². The predicted octanol–water partition coefficient (Wildman–Crippen LogP) is 10.3. The van der Waals surface area contributed by atoms with E-state index in [0.29, 0.717) is 30.3 Å². The average Bonchev–Trinajstić information content (AvgIpc) is 3.13.